The zero-order valence-electron chi connectivity index (χ0n) is 22.6. The van der Waals surface area contributed by atoms with E-state index in [-0.39, 0.29) is 5.75 Å². The highest BCUT2D eigenvalue weighted by atomic mass is 31.2. The normalized spacial score (nSPS) is 27.9. The van der Waals surface area contributed by atoms with Gasteiger partial charge in [0.2, 0.25) is 0 Å². The Labute approximate surface area is 210 Å². The van der Waals surface area contributed by atoms with E-state index < -0.39 is 74.7 Å². The number of alkyl halides is 1. The van der Waals surface area contributed by atoms with E-state index >= 15 is 4.39 Å². The van der Waals surface area contributed by atoms with E-state index in [1.807, 2.05) is 4.98 Å². The van der Waals surface area contributed by atoms with Gasteiger partial charge in [-0.1, -0.05) is 18.2 Å². The number of nitrogens with one attached hydrogen (secondary N) is 2. The summed E-state index contributed by atoms with van der Waals surface area (Å²) in [4.78, 5) is 37.9. The van der Waals surface area contributed by atoms with Crippen molar-refractivity contribution >= 4 is 13.7 Å². The Bertz CT molecular complexity index is 1320. The summed E-state index contributed by atoms with van der Waals surface area (Å²) >= 11 is 0. The van der Waals surface area contributed by atoms with Gasteiger partial charge >= 0.3 is 19.4 Å². The Hall–Kier alpha value is -2.83. The predicted molar refractivity (Wildman–Crippen MR) is 125 cm³/mol. The van der Waals surface area contributed by atoms with Gasteiger partial charge in [-0.05, 0) is 39.8 Å². The van der Waals surface area contributed by atoms with E-state index in [0.717, 1.165) is 12.3 Å². The summed E-state index contributed by atoms with van der Waals surface area (Å²) in [5.74, 6) is -0.726. The molecule has 0 amide bonds. The molecule has 6 atom stereocenters. The highest BCUT2D eigenvalue weighted by molar-refractivity contribution is 7.52. The van der Waals surface area contributed by atoms with E-state index in [9.17, 15) is 24.1 Å². The zero-order valence-corrected chi connectivity index (χ0v) is 20.5. The minimum atomic E-state index is -4.48. The predicted octanol–water partition coefficient (Wildman–Crippen LogP) is 1.66. The van der Waals surface area contributed by atoms with Crippen LogP contribution < -0.4 is 20.9 Å². The molecule has 0 saturated carbocycles. The second-order valence-corrected chi connectivity index (χ2v) is 9.99. The van der Waals surface area contributed by atoms with Crippen LogP contribution in [0.15, 0.2) is 52.2 Å². The third-order valence-electron chi connectivity index (χ3n) is 4.98. The van der Waals surface area contributed by atoms with Crippen molar-refractivity contribution in [2.45, 2.75) is 63.9 Å². The summed E-state index contributed by atoms with van der Waals surface area (Å²) in [7, 11) is -4.48. The standard InChI is InChI=1S/C22H29FN3O9P/c1-13(2)33-19(29)14(3)25-36(31,35-15-8-6-5-7-9-15)32-12-16-18(28)22(4,23)20(34-16)26-11-10-17(27)24-21(26)30/h5-11,13-14,16,18,20,28H,12H2,1-4H3,(H,25,31)(H,24,27,30)/t14-,16+,18+,20+,22+,36-/m0/s1/i4+1D3. The number of aliphatic hydroxyl groups is 1. The molecule has 36 heavy (non-hydrogen) atoms. The van der Waals surface area contributed by atoms with Crippen molar-refractivity contribution in [1.82, 2.24) is 14.6 Å². The molecule has 3 rings (SSSR count). The third kappa shape index (κ3) is 6.48. The van der Waals surface area contributed by atoms with Crippen molar-refractivity contribution in [2.75, 3.05) is 6.61 Å². The van der Waals surface area contributed by atoms with Gasteiger partial charge in [-0.2, -0.15) is 5.09 Å². The molecule has 0 unspecified atom stereocenters. The number of benzene rings is 1. The first kappa shape index (κ1) is 23.6. The second-order valence-electron chi connectivity index (χ2n) is 8.29. The molecule has 0 bridgehead atoms. The topological polar surface area (TPSA) is 158 Å². The minimum Gasteiger partial charge on any atom is -0.462 e. The average molecular weight is 533 g/mol. The molecule has 0 aliphatic carbocycles. The number of aromatic amines is 1. The molecule has 3 N–H and O–H groups in total. The number of aromatic nitrogens is 2. The SMILES string of the molecule is [2H][13C]([2H])([2H])[C@@]1(F)[C@H](O)[C@@H](CO[P@@](=O)(N[C@@H](C)C(=O)OC(C)C)Oc2ccccc2)O[C@H]1n1ccc(=O)[nH]c1=O. The molecule has 2 heterocycles. The summed E-state index contributed by atoms with van der Waals surface area (Å²) in [6, 6.07) is 7.30. The van der Waals surface area contributed by atoms with Crippen molar-refractivity contribution in [2.24, 2.45) is 0 Å². The molecule has 0 radical (unpaired) electrons. The number of halogens is 1. The summed E-state index contributed by atoms with van der Waals surface area (Å²) < 4.78 is 74.6. The fourth-order valence-electron chi connectivity index (χ4n) is 3.27. The smallest absolute Gasteiger partial charge is 0.459 e. The number of carbonyl (C=O) groups is 1. The van der Waals surface area contributed by atoms with Crippen LogP contribution in [0.4, 0.5) is 4.39 Å². The Balaban J connectivity index is 1.90. The molecule has 1 aliphatic rings. The van der Waals surface area contributed by atoms with Gasteiger partial charge < -0.3 is 19.1 Å². The molecule has 1 aromatic carbocycles. The first-order valence-electron chi connectivity index (χ1n) is 12.4. The Kier molecular flexibility index (Phi) is 7.24. The Morgan fingerprint density at radius 2 is 2.03 bits per heavy atom. The molecule has 0 spiro atoms. The van der Waals surface area contributed by atoms with Crippen molar-refractivity contribution in [3.8, 4) is 5.75 Å². The van der Waals surface area contributed by atoms with Gasteiger partial charge in [0.05, 0.1) is 12.7 Å². The molecule has 14 heteroatoms. The lowest BCUT2D eigenvalue weighted by atomic mass is 10.0. The molecule has 1 fully saturated rings. The van der Waals surface area contributed by atoms with Gasteiger partial charge in [0.25, 0.3) is 5.56 Å². The van der Waals surface area contributed by atoms with Crippen LogP contribution in [0.3, 0.4) is 0 Å². The second kappa shape index (κ2) is 11.1. The maximum absolute atomic E-state index is 16.1. The first-order valence-corrected chi connectivity index (χ1v) is 12.4. The first-order chi connectivity index (χ1) is 18.1. The quantitative estimate of drug-likeness (QED) is 0.233. The van der Waals surface area contributed by atoms with Crippen LogP contribution in [0, 0.1) is 0 Å². The summed E-state index contributed by atoms with van der Waals surface area (Å²) in [6.07, 6.45) is -6.09. The number of hydrogen-bond acceptors (Lipinski definition) is 9. The number of nitrogens with zero attached hydrogens (tertiary/aromatic N) is 1. The molecule has 198 valence electrons. The van der Waals surface area contributed by atoms with E-state index in [1.165, 1.54) is 19.1 Å². The van der Waals surface area contributed by atoms with Crippen molar-refractivity contribution < 1.29 is 41.5 Å². The highest BCUT2D eigenvalue weighted by Gasteiger charge is 2.55. The van der Waals surface area contributed by atoms with Crippen molar-refractivity contribution in [1.29, 1.82) is 0 Å². The van der Waals surface area contributed by atoms with E-state index in [4.69, 9.17) is 22.6 Å². The number of para-hydroxylation sites is 1. The van der Waals surface area contributed by atoms with Crippen molar-refractivity contribution in [3.05, 3.63) is 63.4 Å². The molecule has 1 saturated heterocycles. The van der Waals surface area contributed by atoms with Gasteiger partial charge in [0.15, 0.2) is 11.9 Å². The average Bonchev–Trinajstić information content (AvgIpc) is 3.09. The number of rotatable bonds is 10. The number of H-pyrrole nitrogens is 1. The third-order valence-corrected chi connectivity index (χ3v) is 6.63. The fourth-order valence-corrected chi connectivity index (χ4v) is 4.77. The van der Waals surface area contributed by atoms with Crippen LogP contribution in [-0.4, -0.2) is 57.3 Å². The lowest BCUT2D eigenvalue weighted by molar-refractivity contribution is -0.149. The Morgan fingerprint density at radius 1 is 1.33 bits per heavy atom. The van der Waals surface area contributed by atoms with E-state index in [0.29, 0.717) is 4.57 Å². The fraction of sp³-hybridized carbons (Fsp3) is 0.500. The van der Waals surface area contributed by atoms with Crippen LogP contribution >= 0.6 is 7.75 Å². The molecule has 1 aliphatic heterocycles. The lowest BCUT2D eigenvalue weighted by Crippen LogP contribution is -2.43. The van der Waals surface area contributed by atoms with Gasteiger partial charge in [-0.3, -0.25) is 23.7 Å². The van der Waals surface area contributed by atoms with Crippen LogP contribution in [-0.2, 0) is 23.4 Å². The van der Waals surface area contributed by atoms with E-state index in [1.54, 1.807) is 32.0 Å². The molecular formula is C22H29FN3O9P. The number of ether oxygens (including phenoxy) is 2. The molecular weight excluding hydrogens is 501 g/mol. The maximum atomic E-state index is 16.1. The largest absolute Gasteiger partial charge is 0.462 e. The van der Waals surface area contributed by atoms with Crippen LogP contribution in [0.2, 0.25) is 0 Å². The molecule has 2 aromatic rings. The molecule has 12 nitrogen and oxygen atoms in total. The van der Waals surface area contributed by atoms with Crippen LogP contribution in [0.1, 0.15) is 38.0 Å². The Morgan fingerprint density at radius 3 is 2.64 bits per heavy atom. The monoisotopic (exact) mass is 533 g/mol. The zero-order chi connectivity index (χ0) is 29.2. The lowest BCUT2D eigenvalue weighted by Gasteiger charge is -2.25. The summed E-state index contributed by atoms with van der Waals surface area (Å²) in [6.45, 7) is 0.131. The van der Waals surface area contributed by atoms with Crippen LogP contribution in [0.25, 0.3) is 0 Å². The van der Waals surface area contributed by atoms with Gasteiger partial charge in [0, 0.05) is 16.4 Å². The summed E-state index contributed by atoms with van der Waals surface area (Å²) in [5, 5.41) is 13.1. The number of carbonyl (C=O) groups excluding carboxylic acids is 1. The van der Waals surface area contributed by atoms with Gasteiger partial charge in [-0.15, -0.1) is 0 Å². The highest BCUT2D eigenvalue weighted by Crippen LogP contribution is 2.47. The number of aliphatic hydroxyl groups excluding tert-OH is 1. The number of esters is 1. The van der Waals surface area contributed by atoms with Crippen LogP contribution in [0.5, 0.6) is 5.75 Å². The van der Waals surface area contributed by atoms with Crippen molar-refractivity contribution in [3.63, 3.8) is 0 Å². The molecule has 1 aromatic heterocycles. The number of hydrogen-bond donors (Lipinski definition) is 3. The maximum Gasteiger partial charge on any atom is 0.459 e. The van der Waals surface area contributed by atoms with Gasteiger partial charge in [-0.25, -0.2) is 13.8 Å². The van der Waals surface area contributed by atoms with E-state index in [2.05, 4.69) is 5.09 Å². The minimum absolute atomic E-state index is 0.0608. The van der Waals surface area contributed by atoms with Gasteiger partial charge in [0.1, 0.15) is 24.0 Å². The summed E-state index contributed by atoms with van der Waals surface area (Å²) in [5.41, 5.74) is -5.57.